The first-order valence-corrected chi connectivity index (χ1v) is 24.1. The van der Waals surface area contributed by atoms with Crippen molar-refractivity contribution in [2.24, 2.45) is 0 Å². The summed E-state index contributed by atoms with van der Waals surface area (Å²) in [5.74, 6) is 0. The van der Waals surface area contributed by atoms with Crippen LogP contribution in [0.5, 0.6) is 0 Å². The van der Waals surface area contributed by atoms with Crippen molar-refractivity contribution in [1.82, 2.24) is 13.7 Å². The number of benzene rings is 10. The molecule has 0 aliphatic rings. The molecule has 64 heavy (non-hydrogen) atoms. The van der Waals surface area contributed by atoms with Crippen LogP contribution in [0.4, 0.5) is 0 Å². The minimum absolute atomic E-state index is 1.13. The summed E-state index contributed by atoms with van der Waals surface area (Å²) in [5.41, 5.74) is 10.5. The van der Waals surface area contributed by atoms with Crippen molar-refractivity contribution in [3.63, 3.8) is 0 Å². The number of fused-ring (bicyclic) bond motifs is 9. The van der Waals surface area contributed by atoms with Gasteiger partial charge in [0.05, 0.1) is 44.5 Å². The Bertz CT molecular complexity index is 3730. The topological polar surface area (TPSA) is 14.8 Å². The molecule has 0 fully saturated rings. The molecule has 13 aromatic rings. The third kappa shape index (κ3) is 5.21. The third-order valence-electron chi connectivity index (χ3n) is 13.6. The summed E-state index contributed by atoms with van der Waals surface area (Å²) in [6, 6.07) is 92.2. The first-order chi connectivity index (χ1) is 31.8. The van der Waals surface area contributed by atoms with E-state index in [0.29, 0.717) is 0 Å². The first-order valence-electron chi connectivity index (χ1n) is 22.1. The Labute approximate surface area is 372 Å². The van der Waals surface area contributed by atoms with Gasteiger partial charge in [-0.1, -0.05) is 200 Å². The van der Waals surface area contributed by atoms with Crippen LogP contribution in [0.25, 0.3) is 82.5 Å². The summed E-state index contributed by atoms with van der Waals surface area (Å²) in [6.07, 6.45) is 0. The fourth-order valence-electron chi connectivity index (χ4n) is 11.0. The molecule has 0 spiro atoms. The van der Waals surface area contributed by atoms with Crippen LogP contribution in [0, 0.1) is 0 Å². The van der Waals surface area contributed by atoms with E-state index < -0.39 is 8.07 Å². The average Bonchev–Trinajstić information content (AvgIpc) is 4.02. The van der Waals surface area contributed by atoms with Crippen molar-refractivity contribution in [2.45, 2.75) is 0 Å². The molecule has 3 heterocycles. The summed E-state index contributed by atoms with van der Waals surface area (Å²) in [7, 11) is -2.72. The Morgan fingerprint density at radius 3 is 0.984 bits per heavy atom. The molecule has 13 rings (SSSR count). The second-order valence-electron chi connectivity index (χ2n) is 16.8. The van der Waals surface area contributed by atoms with Gasteiger partial charge in [-0.05, 0) is 69.3 Å². The van der Waals surface area contributed by atoms with Crippen LogP contribution in [0.1, 0.15) is 0 Å². The molecule has 0 unspecified atom stereocenters. The Hall–Kier alpha value is -8.18. The largest absolute Gasteiger partial charge is 0.307 e. The molecule has 3 nitrogen and oxygen atoms in total. The second kappa shape index (κ2) is 14.5. The fourth-order valence-corrected chi connectivity index (χ4v) is 15.7. The van der Waals surface area contributed by atoms with Gasteiger partial charge in [0.2, 0.25) is 0 Å². The van der Waals surface area contributed by atoms with Crippen molar-refractivity contribution < 1.29 is 0 Å². The zero-order valence-electron chi connectivity index (χ0n) is 35.0. The molecule has 0 amide bonds. The van der Waals surface area contributed by atoms with Crippen molar-refractivity contribution in [3.05, 3.63) is 249 Å². The summed E-state index contributed by atoms with van der Waals surface area (Å²) >= 11 is 0. The van der Waals surface area contributed by atoms with Gasteiger partial charge in [-0.15, -0.1) is 0 Å². The Morgan fingerprint density at radius 1 is 0.219 bits per heavy atom. The lowest BCUT2D eigenvalue weighted by Gasteiger charge is -2.34. The summed E-state index contributed by atoms with van der Waals surface area (Å²) < 4.78 is 7.51. The molecule has 0 bridgehead atoms. The lowest BCUT2D eigenvalue weighted by molar-refractivity contribution is 1.11. The monoisotopic (exact) mass is 831 g/mol. The highest BCUT2D eigenvalue weighted by atomic mass is 28.3. The van der Waals surface area contributed by atoms with Crippen LogP contribution in [-0.2, 0) is 0 Å². The number of rotatable bonds is 7. The highest BCUT2D eigenvalue weighted by molar-refractivity contribution is 7.19. The van der Waals surface area contributed by atoms with E-state index in [1.165, 1.54) is 86.2 Å². The van der Waals surface area contributed by atoms with Crippen LogP contribution >= 0.6 is 0 Å². The van der Waals surface area contributed by atoms with E-state index in [4.69, 9.17) is 0 Å². The maximum atomic E-state index is 2.54. The zero-order valence-corrected chi connectivity index (χ0v) is 36.0. The van der Waals surface area contributed by atoms with E-state index in [2.05, 4.69) is 262 Å². The smallest absolute Gasteiger partial charge is 0.179 e. The van der Waals surface area contributed by atoms with Crippen LogP contribution in [0.2, 0.25) is 0 Å². The fraction of sp³-hybridized carbons (Fsp3) is 0. The van der Waals surface area contributed by atoms with Gasteiger partial charge in [-0.2, -0.15) is 0 Å². The molecular weight excluding hydrogens is 791 g/mol. The van der Waals surface area contributed by atoms with Gasteiger partial charge in [0, 0.05) is 38.0 Å². The average molecular weight is 832 g/mol. The van der Waals surface area contributed by atoms with E-state index in [9.17, 15) is 0 Å². The number of nitrogens with zero attached hydrogens (tertiary/aromatic N) is 3. The van der Waals surface area contributed by atoms with Gasteiger partial charge in [0.25, 0.3) is 0 Å². The van der Waals surface area contributed by atoms with Crippen molar-refractivity contribution >= 4 is 94.2 Å². The molecule has 0 saturated carbocycles. The van der Waals surface area contributed by atoms with Gasteiger partial charge >= 0.3 is 0 Å². The maximum Gasteiger partial charge on any atom is 0.179 e. The molecule has 0 aliphatic carbocycles. The van der Waals surface area contributed by atoms with Crippen LogP contribution < -0.4 is 20.7 Å². The van der Waals surface area contributed by atoms with Gasteiger partial charge in [-0.25, -0.2) is 0 Å². The normalized spacial score (nSPS) is 12.1. The predicted octanol–water partition coefficient (Wildman–Crippen LogP) is 12.4. The Balaban J connectivity index is 1.10. The summed E-state index contributed by atoms with van der Waals surface area (Å²) in [5, 5.41) is 12.9. The minimum Gasteiger partial charge on any atom is -0.307 e. The highest BCUT2D eigenvalue weighted by Crippen LogP contribution is 2.42. The summed E-state index contributed by atoms with van der Waals surface area (Å²) in [6.45, 7) is 0. The van der Waals surface area contributed by atoms with Crippen molar-refractivity contribution in [1.29, 1.82) is 0 Å². The Kier molecular flexibility index (Phi) is 8.23. The standard InChI is InChI=1S/C60H41N3Si/c1-4-20-43(21-5-1)64(44-22-6-2-7-23-44,45-24-8-3-9-25-45)46-40-38-42(39-41-46)61-53-32-14-12-28-49(53)51-30-19-37-58(59(51)61)63-56-35-17-13-29-50(56)52-31-18-36-57(60(52)63)62-54-33-15-10-26-47(54)48-27-11-16-34-55(48)62/h1-41H. The van der Waals surface area contributed by atoms with E-state index in [1.807, 2.05) is 0 Å². The van der Waals surface area contributed by atoms with E-state index in [1.54, 1.807) is 0 Å². The molecule has 3 aromatic heterocycles. The number of hydrogen-bond donors (Lipinski definition) is 0. The molecule has 10 aromatic carbocycles. The highest BCUT2D eigenvalue weighted by Gasteiger charge is 2.41. The number of aromatic nitrogens is 3. The molecule has 300 valence electrons. The molecule has 0 atom stereocenters. The lowest BCUT2D eigenvalue weighted by atomic mass is 10.1. The van der Waals surface area contributed by atoms with Gasteiger partial charge in [0.15, 0.2) is 8.07 Å². The zero-order chi connectivity index (χ0) is 42.2. The quantitative estimate of drug-likeness (QED) is 0.112. The second-order valence-corrected chi connectivity index (χ2v) is 20.6. The molecule has 4 heteroatoms. The van der Waals surface area contributed by atoms with Gasteiger partial charge in [-0.3, -0.25) is 0 Å². The van der Waals surface area contributed by atoms with Crippen LogP contribution in [0.3, 0.4) is 0 Å². The molecule has 0 N–H and O–H groups in total. The third-order valence-corrected chi connectivity index (χ3v) is 18.4. The van der Waals surface area contributed by atoms with Crippen LogP contribution in [-0.4, -0.2) is 21.8 Å². The maximum absolute atomic E-state index is 2.72. The van der Waals surface area contributed by atoms with E-state index >= 15 is 0 Å². The lowest BCUT2D eigenvalue weighted by Crippen LogP contribution is -2.74. The first kappa shape index (κ1) is 36.5. The molecule has 0 radical (unpaired) electrons. The molecule has 0 saturated heterocycles. The molecular formula is C60H41N3Si. The molecule has 0 aliphatic heterocycles. The van der Waals surface area contributed by atoms with Gasteiger partial charge < -0.3 is 13.7 Å². The number of hydrogen-bond acceptors (Lipinski definition) is 0. The predicted molar refractivity (Wildman–Crippen MR) is 273 cm³/mol. The number of para-hydroxylation sites is 6. The van der Waals surface area contributed by atoms with Crippen LogP contribution in [0.15, 0.2) is 249 Å². The van der Waals surface area contributed by atoms with E-state index in [0.717, 1.165) is 17.1 Å². The minimum atomic E-state index is -2.72. The van der Waals surface area contributed by atoms with Crippen molar-refractivity contribution in [2.75, 3.05) is 0 Å². The summed E-state index contributed by atoms with van der Waals surface area (Å²) in [4.78, 5) is 0. The van der Waals surface area contributed by atoms with E-state index in [-0.39, 0.29) is 0 Å². The van der Waals surface area contributed by atoms with Crippen molar-refractivity contribution in [3.8, 4) is 17.1 Å². The Morgan fingerprint density at radius 2 is 0.531 bits per heavy atom. The SMILES string of the molecule is c1ccc([Si](c2ccccc2)(c2ccccc2)c2ccc(-n3c4ccccc4c4cccc(-n5c6ccccc6c6cccc(-n7c8ccccc8c8ccccc87)c65)c43)cc2)cc1. The van der Waals surface area contributed by atoms with Gasteiger partial charge in [0.1, 0.15) is 0 Å².